The molecule has 1 nitrogen and oxygen atoms in total. The molecule has 0 spiro atoms. The predicted octanol–water partition coefficient (Wildman–Crippen LogP) is 7.59. The number of hydrogen-bond donors (Lipinski definition) is 1. The molecule has 0 fully saturated rings. The van der Waals surface area contributed by atoms with Gasteiger partial charge in [-0.1, -0.05) is 78.9 Å². The summed E-state index contributed by atoms with van der Waals surface area (Å²) in [5.74, 6) is -1.63. The maximum absolute atomic E-state index is 14.5. The molecule has 1 N–H and O–H groups in total. The van der Waals surface area contributed by atoms with Gasteiger partial charge in [0.2, 0.25) is 0 Å². The quantitative estimate of drug-likeness (QED) is 0.280. The molecular weight excluding hydrogens is 390 g/mol. The van der Waals surface area contributed by atoms with Gasteiger partial charge in [0, 0.05) is 5.56 Å². The first kappa shape index (κ1) is 22.6. The minimum absolute atomic E-state index is 0.244. The minimum Gasteiger partial charge on any atom is -0.393 e. The van der Waals surface area contributed by atoms with Crippen LogP contribution in [0.2, 0.25) is 0 Å². The summed E-state index contributed by atoms with van der Waals surface area (Å²) in [5.41, 5.74) is 4.40. The summed E-state index contributed by atoms with van der Waals surface area (Å²) in [5, 5.41) is 9.28. The van der Waals surface area contributed by atoms with Crippen molar-refractivity contribution in [1.82, 2.24) is 0 Å². The maximum atomic E-state index is 14.5. The van der Waals surface area contributed by atoms with Gasteiger partial charge in [-0.15, -0.1) is 6.58 Å². The molecule has 160 valence electrons. The Bertz CT molecular complexity index is 1030. The summed E-state index contributed by atoms with van der Waals surface area (Å²) >= 11 is 0. The largest absolute Gasteiger partial charge is 0.393 e. The lowest BCUT2D eigenvalue weighted by atomic mass is 9.98. The number of unbranched alkanes of at least 4 members (excludes halogenated alkanes) is 1. The third-order valence-corrected chi connectivity index (χ3v) is 5.27. The van der Waals surface area contributed by atoms with Crippen LogP contribution in [0.1, 0.15) is 37.3 Å². The highest BCUT2D eigenvalue weighted by atomic mass is 19.2. The lowest BCUT2D eigenvalue weighted by molar-refractivity contribution is 0.182. The number of hydrogen-bond acceptors (Lipinski definition) is 1. The Morgan fingerprint density at radius 2 is 1.48 bits per heavy atom. The zero-order valence-electron chi connectivity index (χ0n) is 17.8. The van der Waals surface area contributed by atoms with Crippen molar-refractivity contribution in [2.24, 2.45) is 0 Å². The van der Waals surface area contributed by atoms with Gasteiger partial charge in [-0.3, -0.25) is 0 Å². The van der Waals surface area contributed by atoms with E-state index >= 15 is 0 Å². The van der Waals surface area contributed by atoms with E-state index in [-0.39, 0.29) is 11.7 Å². The topological polar surface area (TPSA) is 20.2 Å². The zero-order valence-corrected chi connectivity index (χ0v) is 17.8. The standard InChI is InChI=1S/C28H28F2O/c1-3-7-25-18-19-26(28(30)27(25)29)24-16-14-23(15-17-24)22-12-10-21(11-13-22)9-6-4-5-8-20(2)31/h3,6,9-20,31H,1,4-5,7-8H2,2H3. The molecule has 0 bridgehead atoms. The second-order valence-corrected chi connectivity index (χ2v) is 7.77. The van der Waals surface area contributed by atoms with Crippen molar-refractivity contribution in [1.29, 1.82) is 0 Å². The molecule has 0 aliphatic carbocycles. The van der Waals surface area contributed by atoms with Crippen molar-refractivity contribution in [3.05, 3.63) is 102 Å². The van der Waals surface area contributed by atoms with E-state index in [4.69, 9.17) is 0 Å². The Hall–Kier alpha value is -3.04. The Balaban J connectivity index is 1.70. The van der Waals surface area contributed by atoms with E-state index in [1.807, 2.05) is 31.2 Å². The third kappa shape index (κ3) is 5.99. The van der Waals surface area contributed by atoms with E-state index in [1.165, 1.54) is 0 Å². The number of aliphatic hydroxyl groups excluding tert-OH is 1. The van der Waals surface area contributed by atoms with Crippen LogP contribution in [0, 0.1) is 11.6 Å². The fourth-order valence-electron chi connectivity index (χ4n) is 3.50. The number of rotatable bonds is 9. The van der Waals surface area contributed by atoms with E-state index < -0.39 is 11.6 Å². The molecule has 0 saturated heterocycles. The van der Waals surface area contributed by atoms with Gasteiger partial charge in [0.1, 0.15) is 0 Å². The first-order valence-electron chi connectivity index (χ1n) is 10.6. The Kier molecular flexibility index (Phi) is 7.91. The Morgan fingerprint density at radius 3 is 2.10 bits per heavy atom. The number of halogens is 2. The summed E-state index contributed by atoms with van der Waals surface area (Å²) in [6.45, 7) is 5.39. The van der Waals surface area contributed by atoms with Crippen molar-refractivity contribution >= 4 is 6.08 Å². The van der Waals surface area contributed by atoms with Gasteiger partial charge in [-0.25, -0.2) is 8.78 Å². The summed E-state index contributed by atoms with van der Waals surface area (Å²) in [4.78, 5) is 0. The highest BCUT2D eigenvalue weighted by molar-refractivity contribution is 5.71. The lowest BCUT2D eigenvalue weighted by Crippen LogP contribution is -1.97. The molecule has 3 aromatic rings. The van der Waals surface area contributed by atoms with Crippen molar-refractivity contribution in [3.63, 3.8) is 0 Å². The maximum Gasteiger partial charge on any atom is 0.166 e. The molecule has 3 heteroatoms. The fourth-order valence-corrected chi connectivity index (χ4v) is 3.50. The molecule has 0 aliphatic rings. The van der Waals surface area contributed by atoms with Crippen LogP contribution in [0.3, 0.4) is 0 Å². The van der Waals surface area contributed by atoms with Crippen molar-refractivity contribution in [2.75, 3.05) is 0 Å². The molecule has 0 saturated carbocycles. The highest BCUT2D eigenvalue weighted by Crippen LogP contribution is 2.29. The van der Waals surface area contributed by atoms with Crippen LogP contribution in [0.25, 0.3) is 28.3 Å². The SMILES string of the molecule is C=CCc1ccc(-c2ccc(-c3ccc(C=CCCCC(C)O)cc3)cc2)c(F)c1F. The fraction of sp³-hybridized carbons (Fsp3) is 0.214. The highest BCUT2D eigenvalue weighted by Gasteiger charge is 2.14. The minimum atomic E-state index is -0.823. The van der Waals surface area contributed by atoms with Gasteiger partial charge >= 0.3 is 0 Å². The molecule has 3 rings (SSSR count). The van der Waals surface area contributed by atoms with Crippen LogP contribution < -0.4 is 0 Å². The van der Waals surface area contributed by atoms with Gasteiger partial charge < -0.3 is 5.11 Å². The first-order chi connectivity index (χ1) is 15.0. The lowest BCUT2D eigenvalue weighted by Gasteiger charge is -2.09. The average molecular weight is 419 g/mol. The Labute approximate surface area is 183 Å². The third-order valence-electron chi connectivity index (χ3n) is 5.27. The predicted molar refractivity (Wildman–Crippen MR) is 126 cm³/mol. The number of aliphatic hydroxyl groups is 1. The normalized spacial score (nSPS) is 12.3. The molecule has 31 heavy (non-hydrogen) atoms. The monoisotopic (exact) mass is 418 g/mol. The zero-order chi connectivity index (χ0) is 22.2. The molecule has 1 atom stereocenters. The van der Waals surface area contributed by atoms with E-state index in [0.29, 0.717) is 17.5 Å². The van der Waals surface area contributed by atoms with Gasteiger partial charge in [-0.05, 0) is 60.4 Å². The van der Waals surface area contributed by atoms with Crippen LogP contribution in [0.4, 0.5) is 8.78 Å². The summed E-state index contributed by atoms with van der Waals surface area (Å²) in [6.07, 6.45) is 8.56. The first-order valence-corrected chi connectivity index (χ1v) is 10.6. The van der Waals surface area contributed by atoms with Crippen LogP contribution in [-0.2, 0) is 6.42 Å². The van der Waals surface area contributed by atoms with Crippen molar-refractivity contribution < 1.29 is 13.9 Å². The molecule has 0 amide bonds. The van der Waals surface area contributed by atoms with Crippen LogP contribution in [0.15, 0.2) is 79.4 Å². The molecule has 1 unspecified atom stereocenters. The number of allylic oxidation sites excluding steroid dienone is 2. The van der Waals surface area contributed by atoms with E-state index in [1.54, 1.807) is 18.2 Å². The molecule has 0 aliphatic heterocycles. The van der Waals surface area contributed by atoms with E-state index in [0.717, 1.165) is 36.0 Å². The molecule has 3 aromatic carbocycles. The molecule has 0 radical (unpaired) electrons. The van der Waals surface area contributed by atoms with E-state index in [2.05, 4.69) is 43.0 Å². The second-order valence-electron chi connectivity index (χ2n) is 7.77. The second kappa shape index (κ2) is 10.8. The average Bonchev–Trinajstić information content (AvgIpc) is 2.77. The van der Waals surface area contributed by atoms with Crippen LogP contribution >= 0.6 is 0 Å². The van der Waals surface area contributed by atoms with Gasteiger partial charge in [0.25, 0.3) is 0 Å². The molecule has 0 heterocycles. The van der Waals surface area contributed by atoms with Crippen molar-refractivity contribution in [3.8, 4) is 22.3 Å². The van der Waals surface area contributed by atoms with Crippen LogP contribution in [-0.4, -0.2) is 11.2 Å². The Morgan fingerprint density at radius 1 is 0.871 bits per heavy atom. The summed E-state index contributed by atoms with van der Waals surface area (Å²) < 4.78 is 28.7. The van der Waals surface area contributed by atoms with Gasteiger partial charge in [0.15, 0.2) is 11.6 Å². The molecular formula is C28H28F2O. The molecule has 0 aromatic heterocycles. The van der Waals surface area contributed by atoms with E-state index in [9.17, 15) is 13.9 Å². The van der Waals surface area contributed by atoms with Gasteiger partial charge in [0.05, 0.1) is 6.10 Å². The van der Waals surface area contributed by atoms with Gasteiger partial charge in [-0.2, -0.15) is 0 Å². The summed E-state index contributed by atoms with van der Waals surface area (Å²) in [7, 11) is 0. The van der Waals surface area contributed by atoms with Crippen LogP contribution in [0.5, 0.6) is 0 Å². The summed E-state index contributed by atoms with van der Waals surface area (Å²) in [6, 6.07) is 18.9. The van der Waals surface area contributed by atoms with Crippen molar-refractivity contribution in [2.45, 2.75) is 38.7 Å². The number of benzene rings is 3. The smallest absolute Gasteiger partial charge is 0.166 e.